The molecule has 0 aliphatic heterocycles. The average molecular weight is 251 g/mol. The van der Waals surface area contributed by atoms with E-state index in [9.17, 15) is 4.79 Å². The van der Waals surface area contributed by atoms with Crippen molar-refractivity contribution in [3.8, 4) is 5.75 Å². The van der Waals surface area contributed by atoms with Crippen LogP contribution in [0.1, 0.15) is 25.8 Å². The van der Waals surface area contributed by atoms with E-state index in [4.69, 9.17) is 15.2 Å². The van der Waals surface area contributed by atoms with E-state index in [0.717, 1.165) is 11.3 Å². The summed E-state index contributed by atoms with van der Waals surface area (Å²) in [5.41, 5.74) is 6.31. The minimum absolute atomic E-state index is 0.240. The summed E-state index contributed by atoms with van der Waals surface area (Å²) in [7, 11) is 1.38. The maximum Gasteiger partial charge on any atom is 0.306 e. The van der Waals surface area contributed by atoms with Crippen molar-refractivity contribution in [2.24, 2.45) is 5.73 Å². The third-order valence-corrected chi connectivity index (χ3v) is 3.05. The van der Waals surface area contributed by atoms with E-state index in [0.29, 0.717) is 13.2 Å². The van der Waals surface area contributed by atoms with Crippen LogP contribution < -0.4 is 10.5 Å². The van der Waals surface area contributed by atoms with Crippen LogP contribution in [0.2, 0.25) is 0 Å². The molecule has 0 radical (unpaired) electrons. The van der Waals surface area contributed by atoms with E-state index in [-0.39, 0.29) is 12.4 Å². The van der Waals surface area contributed by atoms with E-state index in [1.54, 1.807) is 0 Å². The van der Waals surface area contributed by atoms with Crippen LogP contribution in [-0.2, 0) is 14.9 Å². The minimum Gasteiger partial charge on any atom is -0.494 e. The molecule has 0 heterocycles. The van der Waals surface area contributed by atoms with Crippen LogP contribution >= 0.6 is 0 Å². The van der Waals surface area contributed by atoms with E-state index in [1.807, 2.05) is 38.1 Å². The van der Waals surface area contributed by atoms with Crippen molar-refractivity contribution >= 4 is 5.97 Å². The topological polar surface area (TPSA) is 61.5 Å². The molecule has 18 heavy (non-hydrogen) atoms. The lowest BCUT2D eigenvalue weighted by Gasteiger charge is -2.29. The van der Waals surface area contributed by atoms with Crippen LogP contribution in [0.4, 0.5) is 0 Å². The lowest BCUT2D eigenvalue weighted by atomic mass is 9.79. The van der Waals surface area contributed by atoms with Crippen molar-refractivity contribution in [1.29, 1.82) is 0 Å². The molecule has 0 saturated heterocycles. The number of carbonyl (C=O) groups is 1. The zero-order valence-electron chi connectivity index (χ0n) is 11.2. The van der Waals surface area contributed by atoms with Gasteiger partial charge in [-0.25, -0.2) is 0 Å². The molecule has 4 nitrogen and oxygen atoms in total. The average Bonchev–Trinajstić information content (AvgIpc) is 2.39. The smallest absolute Gasteiger partial charge is 0.306 e. The van der Waals surface area contributed by atoms with Crippen molar-refractivity contribution in [1.82, 2.24) is 0 Å². The van der Waals surface area contributed by atoms with Crippen molar-refractivity contribution in [3.63, 3.8) is 0 Å². The zero-order valence-corrected chi connectivity index (χ0v) is 11.2. The number of hydrogen-bond acceptors (Lipinski definition) is 4. The molecule has 0 saturated carbocycles. The molecule has 0 aliphatic rings. The molecular formula is C14H21NO3. The summed E-state index contributed by atoms with van der Waals surface area (Å²) in [6, 6.07) is 7.66. The van der Waals surface area contributed by atoms with Gasteiger partial charge in [0.25, 0.3) is 0 Å². The minimum atomic E-state index is -0.473. The molecule has 1 aromatic rings. The lowest BCUT2D eigenvalue weighted by molar-refractivity contribution is -0.141. The molecule has 1 rings (SSSR count). The van der Waals surface area contributed by atoms with Gasteiger partial charge in [0.05, 0.1) is 20.1 Å². The molecule has 1 aromatic carbocycles. The number of ether oxygens (including phenoxy) is 2. The number of methoxy groups -OCH3 is 1. The van der Waals surface area contributed by atoms with Gasteiger partial charge in [0.1, 0.15) is 5.75 Å². The summed E-state index contributed by atoms with van der Waals surface area (Å²) in [6.45, 7) is 4.81. The maximum atomic E-state index is 11.5. The molecule has 0 aliphatic carbocycles. The molecule has 1 atom stereocenters. The van der Waals surface area contributed by atoms with Gasteiger partial charge in [-0.2, -0.15) is 0 Å². The Kier molecular flexibility index (Phi) is 5.16. The van der Waals surface area contributed by atoms with Crippen molar-refractivity contribution in [3.05, 3.63) is 29.8 Å². The second-order valence-corrected chi connectivity index (χ2v) is 4.45. The molecule has 2 N–H and O–H groups in total. The fraction of sp³-hybridized carbons (Fsp3) is 0.500. The largest absolute Gasteiger partial charge is 0.494 e. The van der Waals surface area contributed by atoms with Gasteiger partial charge in [-0.05, 0) is 13.0 Å². The summed E-state index contributed by atoms with van der Waals surface area (Å²) < 4.78 is 10.3. The van der Waals surface area contributed by atoms with Gasteiger partial charge in [0.15, 0.2) is 0 Å². The number of benzene rings is 1. The highest BCUT2D eigenvalue weighted by Crippen LogP contribution is 2.34. The number of rotatable bonds is 6. The molecule has 0 spiro atoms. The molecule has 0 bridgehead atoms. The SMILES string of the molecule is CCOc1ccccc1C(C)(CN)CC(=O)OC. The van der Waals surface area contributed by atoms with Crippen LogP contribution in [0.15, 0.2) is 24.3 Å². The maximum absolute atomic E-state index is 11.5. The molecule has 4 heteroatoms. The third kappa shape index (κ3) is 3.23. The highest BCUT2D eigenvalue weighted by atomic mass is 16.5. The normalized spacial score (nSPS) is 13.8. The van der Waals surface area contributed by atoms with Gasteiger partial charge in [0.2, 0.25) is 0 Å². The van der Waals surface area contributed by atoms with E-state index in [1.165, 1.54) is 7.11 Å². The summed E-state index contributed by atoms with van der Waals surface area (Å²) in [6.07, 6.45) is 0.240. The molecular weight excluding hydrogens is 230 g/mol. The number of para-hydroxylation sites is 1. The summed E-state index contributed by atoms with van der Waals surface area (Å²) in [4.78, 5) is 11.5. The highest BCUT2D eigenvalue weighted by molar-refractivity contribution is 5.71. The standard InChI is InChI=1S/C14H21NO3/c1-4-18-12-8-6-5-7-11(12)14(2,10-15)9-13(16)17-3/h5-8H,4,9-10,15H2,1-3H3. The van der Waals surface area contributed by atoms with Gasteiger partial charge in [-0.15, -0.1) is 0 Å². The first kappa shape index (κ1) is 14.5. The Morgan fingerprint density at radius 2 is 2.06 bits per heavy atom. The van der Waals surface area contributed by atoms with Crippen LogP contribution in [0.3, 0.4) is 0 Å². The Morgan fingerprint density at radius 1 is 1.39 bits per heavy atom. The van der Waals surface area contributed by atoms with Crippen LogP contribution in [-0.4, -0.2) is 26.2 Å². The number of esters is 1. The van der Waals surface area contributed by atoms with Crippen molar-refractivity contribution in [2.75, 3.05) is 20.3 Å². The van der Waals surface area contributed by atoms with Gasteiger partial charge in [0, 0.05) is 17.5 Å². The van der Waals surface area contributed by atoms with Gasteiger partial charge >= 0.3 is 5.97 Å². The predicted molar refractivity (Wildman–Crippen MR) is 70.7 cm³/mol. The first-order chi connectivity index (χ1) is 8.57. The Hall–Kier alpha value is -1.55. The molecule has 0 amide bonds. The lowest BCUT2D eigenvalue weighted by Crippen LogP contribution is -2.35. The zero-order chi connectivity index (χ0) is 13.6. The molecule has 0 aromatic heterocycles. The van der Waals surface area contributed by atoms with E-state index >= 15 is 0 Å². The van der Waals surface area contributed by atoms with Gasteiger partial charge in [-0.1, -0.05) is 25.1 Å². The quantitative estimate of drug-likeness (QED) is 0.784. The number of hydrogen-bond donors (Lipinski definition) is 1. The van der Waals surface area contributed by atoms with Gasteiger partial charge in [-0.3, -0.25) is 4.79 Å². The van der Waals surface area contributed by atoms with Crippen molar-refractivity contribution < 1.29 is 14.3 Å². The second kappa shape index (κ2) is 6.40. The van der Waals surface area contributed by atoms with E-state index in [2.05, 4.69) is 0 Å². The first-order valence-electron chi connectivity index (χ1n) is 6.06. The molecule has 1 unspecified atom stereocenters. The molecule has 100 valence electrons. The van der Waals surface area contributed by atoms with Gasteiger partial charge < -0.3 is 15.2 Å². The predicted octanol–water partition coefficient (Wildman–Crippen LogP) is 1.86. The molecule has 0 fully saturated rings. The fourth-order valence-corrected chi connectivity index (χ4v) is 1.91. The Balaban J connectivity index is 3.10. The second-order valence-electron chi connectivity index (χ2n) is 4.45. The fourth-order valence-electron chi connectivity index (χ4n) is 1.91. The Bertz CT molecular complexity index is 406. The summed E-state index contributed by atoms with van der Waals surface area (Å²) in [5.74, 6) is 0.506. The van der Waals surface area contributed by atoms with Crippen LogP contribution in [0.25, 0.3) is 0 Å². The monoisotopic (exact) mass is 251 g/mol. The summed E-state index contributed by atoms with van der Waals surface area (Å²) in [5, 5.41) is 0. The number of carbonyl (C=O) groups excluding carboxylic acids is 1. The third-order valence-electron chi connectivity index (χ3n) is 3.05. The first-order valence-corrected chi connectivity index (χ1v) is 6.06. The van der Waals surface area contributed by atoms with Crippen LogP contribution in [0, 0.1) is 0 Å². The van der Waals surface area contributed by atoms with Crippen molar-refractivity contribution in [2.45, 2.75) is 25.7 Å². The number of nitrogens with two attached hydrogens (primary N) is 1. The van der Waals surface area contributed by atoms with E-state index < -0.39 is 5.41 Å². The Labute approximate surface area is 108 Å². The highest BCUT2D eigenvalue weighted by Gasteiger charge is 2.31. The summed E-state index contributed by atoms with van der Waals surface area (Å²) >= 11 is 0. The Morgan fingerprint density at radius 3 is 2.61 bits per heavy atom. The van der Waals surface area contributed by atoms with Crippen LogP contribution in [0.5, 0.6) is 5.75 Å².